The van der Waals surface area contributed by atoms with Gasteiger partial charge in [-0.15, -0.1) is 0 Å². The molecule has 1 fully saturated rings. The molecule has 6 rings (SSSR count). The van der Waals surface area contributed by atoms with Gasteiger partial charge in [0.05, 0.1) is 24.4 Å². The normalized spacial score (nSPS) is 12.6. The van der Waals surface area contributed by atoms with Gasteiger partial charge in [-0.2, -0.15) is 0 Å². The molecule has 0 spiro atoms. The fourth-order valence-corrected chi connectivity index (χ4v) is 5.13. The van der Waals surface area contributed by atoms with Crippen molar-refractivity contribution in [2.24, 2.45) is 5.92 Å². The number of rotatable bonds is 11. The Morgan fingerprint density at radius 2 is 1.72 bits per heavy atom. The molecule has 1 saturated carbocycles. The van der Waals surface area contributed by atoms with Gasteiger partial charge in [0.2, 0.25) is 5.88 Å². The van der Waals surface area contributed by atoms with Crippen molar-refractivity contribution in [3.63, 3.8) is 0 Å². The van der Waals surface area contributed by atoms with Crippen LogP contribution in [0.5, 0.6) is 5.88 Å². The van der Waals surface area contributed by atoms with Crippen LogP contribution in [0.4, 0.5) is 0 Å². The van der Waals surface area contributed by atoms with E-state index in [1.807, 2.05) is 67.6 Å². The molecule has 3 aromatic heterocycles. The number of pyridine rings is 1. The first kappa shape index (κ1) is 31.3. The number of hydrogen-bond donors (Lipinski definition) is 1. The van der Waals surface area contributed by atoms with E-state index in [-0.39, 0.29) is 56.9 Å². The van der Waals surface area contributed by atoms with Crippen molar-refractivity contribution in [2.45, 2.75) is 52.5 Å². The molecule has 0 aliphatic heterocycles. The van der Waals surface area contributed by atoms with E-state index in [4.69, 9.17) is 14.2 Å². The summed E-state index contributed by atoms with van der Waals surface area (Å²) in [5, 5.41) is 3.85. The van der Waals surface area contributed by atoms with Crippen molar-refractivity contribution >= 4 is 51.4 Å². The van der Waals surface area contributed by atoms with E-state index < -0.39 is 5.76 Å². The second kappa shape index (κ2) is 14.1. The Morgan fingerprint density at radius 3 is 2.35 bits per heavy atom. The Morgan fingerprint density at radius 1 is 0.977 bits per heavy atom. The molecule has 0 bridgehead atoms. The topological polar surface area (TPSA) is 116 Å². The van der Waals surface area contributed by atoms with Gasteiger partial charge in [-0.1, -0.05) is 67.5 Å². The Kier molecular flexibility index (Phi) is 10.2. The third-order valence-corrected chi connectivity index (χ3v) is 7.55. The molecule has 5 aromatic rings. The molecular formula is C33H34KN5O4. The number of hydrogen-bond acceptors (Lipinski definition) is 7. The standard InChI is InChI=1S/C33H33N5O4.K.H/c1-3-7-28-35-27(4-2)30(24-16-17-29(34-18-24)41-20-22-10-11-22)32(39)38(28)19-21-12-14-23(15-13-21)25-8-5-6-9-26(25)31-36-33(40)42-37-31;;/h5-6,8-9,12-18,22H,3-4,7,10-11,19-20H2,1-2H3,(H,36,37,40);;. The summed E-state index contributed by atoms with van der Waals surface area (Å²) in [6.45, 7) is 5.20. The van der Waals surface area contributed by atoms with Gasteiger partial charge in [-0.3, -0.25) is 18.9 Å². The number of nitrogens with zero attached hydrogens (tertiary/aromatic N) is 4. The zero-order valence-electron chi connectivity index (χ0n) is 23.8. The van der Waals surface area contributed by atoms with Crippen LogP contribution in [0.3, 0.4) is 0 Å². The molecule has 2 aromatic carbocycles. The minimum atomic E-state index is -0.598. The van der Waals surface area contributed by atoms with Gasteiger partial charge < -0.3 is 4.74 Å². The van der Waals surface area contributed by atoms with E-state index in [9.17, 15) is 9.59 Å². The van der Waals surface area contributed by atoms with Crippen LogP contribution >= 0.6 is 0 Å². The maximum atomic E-state index is 14.1. The van der Waals surface area contributed by atoms with Gasteiger partial charge in [0.1, 0.15) is 5.82 Å². The van der Waals surface area contributed by atoms with Crippen LogP contribution < -0.4 is 16.1 Å². The average Bonchev–Trinajstić information content (AvgIpc) is 3.76. The molecule has 0 saturated heterocycles. The molecule has 0 unspecified atom stereocenters. The molecule has 1 aliphatic carbocycles. The second-order valence-corrected chi connectivity index (χ2v) is 10.7. The SMILES string of the molecule is CCCc1nc(CC)c(-c2ccc(OCC3CC3)nc2)c(=O)n1Cc1ccc(-c2ccccc2-c2noc(=O)[nH]2)cc1.[KH]. The van der Waals surface area contributed by atoms with Crippen molar-refractivity contribution in [1.82, 2.24) is 24.7 Å². The van der Waals surface area contributed by atoms with Crippen LogP contribution in [-0.2, 0) is 19.4 Å². The fourth-order valence-electron chi connectivity index (χ4n) is 5.13. The summed E-state index contributed by atoms with van der Waals surface area (Å²) in [6.07, 6.45) is 6.38. The first-order valence-electron chi connectivity index (χ1n) is 14.5. The van der Waals surface area contributed by atoms with Gasteiger partial charge in [0, 0.05) is 29.8 Å². The molecule has 0 amide bonds. The fraction of sp³-hybridized carbons (Fsp3) is 0.303. The zero-order valence-corrected chi connectivity index (χ0v) is 23.8. The first-order valence-corrected chi connectivity index (χ1v) is 14.5. The Hall–Kier alpha value is -3.15. The van der Waals surface area contributed by atoms with Crippen molar-refractivity contribution in [3.05, 3.63) is 105 Å². The van der Waals surface area contributed by atoms with Crippen LogP contribution in [0.25, 0.3) is 33.6 Å². The number of aryl methyl sites for hydroxylation is 2. The van der Waals surface area contributed by atoms with Crippen LogP contribution in [0, 0.1) is 5.92 Å². The molecule has 9 nitrogen and oxygen atoms in total. The third kappa shape index (κ3) is 7.16. The minimum absolute atomic E-state index is 0. The summed E-state index contributed by atoms with van der Waals surface area (Å²) in [5.41, 5.74) is 5.65. The van der Waals surface area contributed by atoms with E-state index in [1.165, 1.54) is 12.8 Å². The summed E-state index contributed by atoms with van der Waals surface area (Å²) in [5.74, 6) is 1.78. The van der Waals surface area contributed by atoms with Gasteiger partial charge >= 0.3 is 57.1 Å². The number of aromatic amines is 1. The summed E-state index contributed by atoms with van der Waals surface area (Å²) in [7, 11) is 0. The summed E-state index contributed by atoms with van der Waals surface area (Å²) < 4.78 is 12.3. The Labute approximate surface area is 292 Å². The third-order valence-electron chi connectivity index (χ3n) is 7.55. The molecule has 10 heteroatoms. The number of ether oxygens (including phenoxy) is 1. The second-order valence-electron chi connectivity index (χ2n) is 10.7. The predicted molar refractivity (Wildman–Crippen MR) is 168 cm³/mol. The quantitative estimate of drug-likeness (QED) is 0.211. The van der Waals surface area contributed by atoms with Gasteiger partial charge in [-0.05, 0) is 54.4 Å². The van der Waals surface area contributed by atoms with Crippen LogP contribution in [0.1, 0.15) is 50.2 Å². The van der Waals surface area contributed by atoms with E-state index in [1.54, 1.807) is 10.8 Å². The summed E-state index contributed by atoms with van der Waals surface area (Å²) >= 11 is 0. The molecular weight excluding hydrogens is 569 g/mol. The maximum absolute atomic E-state index is 14.1. The van der Waals surface area contributed by atoms with Gasteiger partial charge in [0.15, 0.2) is 5.82 Å². The van der Waals surface area contributed by atoms with Crippen molar-refractivity contribution in [2.75, 3.05) is 6.61 Å². The van der Waals surface area contributed by atoms with Crippen LogP contribution in [-0.4, -0.2) is 82.7 Å². The molecule has 43 heavy (non-hydrogen) atoms. The molecule has 0 atom stereocenters. The predicted octanol–water partition coefficient (Wildman–Crippen LogP) is 5.02. The molecule has 0 radical (unpaired) electrons. The molecule has 216 valence electrons. The van der Waals surface area contributed by atoms with E-state index in [0.717, 1.165) is 45.8 Å². The zero-order chi connectivity index (χ0) is 29.1. The number of benzene rings is 2. The van der Waals surface area contributed by atoms with E-state index in [2.05, 4.69) is 22.0 Å². The Balaban J connectivity index is 0.00000368. The average molecular weight is 604 g/mol. The summed E-state index contributed by atoms with van der Waals surface area (Å²) in [4.78, 5) is 37.7. The van der Waals surface area contributed by atoms with Crippen LogP contribution in [0.15, 0.2) is 81.0 Å². The summed E-state index contributed by atoms with van der Waals surface area (Å²) in [6, 6.07) is 19.5. The van der Waals surface area contributed by atoms with Gasteiger partial charge in [-0.25, -0.2) is 14.8 Å². The van der Waals surface area contributed by atoms with Crippen molar-refractivity contribution in [3.8, 4) is 39.5 Å². The Bertz CT molecular complexity index is 1810. The molecule has 3 heterocycles. The molecule has 1 N–H and O–H groups in total. The number of H-pyrrole nitrogens is 1. The number of aromatic nitrogens is 5. The molecule has 1 aliphatic rings. The van der Waals surface area contributed by atoms with Gasteiger partial charge in [0.25, 0.3) is 5.56 Å². The monoisotopic (exact) mass is 603 g/mol. The van der Waals surface area contributed by atoms with E-state index >= 15 is 0 Å². The van der Waals surface area contributed by atoms with Crippen LogP contribution in [0.2, 0.25) is 0 Å². The van der Waals surface area contributed by atoms with Crippen molar-refractivity contribution < 1.29 is 9.26 Å². The number of nitrogens with one attached hydrogen (secondary N) is 1. The van der Waals surface area contributed by atoms with Crippen molar-refractivity contribution in [1.29, 1.82) is 0 Å². The first-order chi connectivity index (χ1) is 20.5. The van der Waals surface area contributed by atoms with E-state index in [0.29, 0.717) is 49.2 Å².